The number of halogens is 1. The zero-order valence-corrected chi connectivity index (χ0v) is 13.3. The zero-order valence-electron chi connectivity index (χ0n) is 12.5. The van der Waals surface area contributed by atoms with Crippen molar-refractivity contribution >= 4 is 40.7 Å². The minimum atomic E-state index is -0.408. The third-order valence-corrected chi connectivity index (χ3v) is 4.22. The summed E-state index contributed by atoms with van der Waals surface area (Å²) in [7, 11) is 0. The first-order valence-corrected chi connectivity index (χ1v) is 7.85. The van der Waals surface area contributed by atoms with Gasteiger partial charge >= 0.3 is 0 Å². The van der Waals surface area contributed by atoms with E-state index in [4.69, 9.17) is 11.6 Å². The van der Waals surface area contributed by atoms with Crippen molar-refractivity contribution in [3.8, 4) is 0 Å². The molecule has 2 aliphatic rings. The van der Waals surface area contributed by atoms with Crippen LogP contribution in [-0.2, 0) is 0 Å². The lowest BCUT2D eigenvalue weighted by Crippen LogP contribution is -2.30. The lowest BCUT2D eigenvalue weighted by molar-refractivity contribution is 0.0926. The molecule has 0 atom stereocenters. The number of fused-ring (bicyclic) bond motifs is 1. The summed E-state index contributed by atoms with van der Waals surface area (Å²) in [5.41, 5.74) is 1.81. The highest BCUT2D eigenvalue weighted by Crippen LogP contribution is 2.33. The normalized spacial score (nSPS) is 16.0. The van der Waals surface area contributed by atoms with Gasteiger partial charge in [-0.25, -0.2) is 4.90 Å². The van der Waals surface area contributed by atoms with Crippen molar-refractivity contribution in [3.05, 3.63) is 58.6 Å². The number of nitrogens with one attached hydrogen (secondary N) is 2. The molecule has 0 aliphatic carbocycles. The number of aliphatic imine (C=N–C) groups is 1. The SMILES string of the molecule is O=C1c2cccc(Cl)c2C(=O)N1c1cccc(NC2=NCCN2)c1. The smallest absolute Gasteiger partial charge is 0.267 e. The molecule has 2 amide bonds. The van der Waals surface area contributed by atoms with Gasteiger partial charge in [-0.05, 0) is 30.3 Å². The number of anilines is 2. The number of benzene rings is 2. The van der Waals surface area contributed by atoms with Gasteiger partial charge in [0.25, 0.3) is 11.8 Å². The van der Waals surface area contributed by atoms with Gasteiger partial charge in [0, 0.05) is 12.2 Å². The van der Waals surface area contributed by atoms with Gasteiger partial charge in [-0.2, -0.15) is 0 Å². The van der Waals surface area contributed by atoms with Crippen LogP contribution in [0.3, 0.4) is 0 Å². The van der Waals surface area contributed by atoms with Gasteiger partial charge in [-0.1, -0.05) is 23.7 Å². The van der Waals surface area contributed by atoms with Crippen LogP contribution in [0.15, 0.2) is 47.5 Å². The number of rotatable bonds is 2. The second-order valence-corrected chi connectivity index (χ2v) is 5.85. The van der Waals surface area contributed by atoms with Gasteiger partial charge in [0.2, 0.25) is 0 Å². The second-order valence-electron chi connectivity index (χ2n) is 5.44. The molecule has 2 aromatic rings. The average Bonchev–Trinajstić information content (AvgIpc) is 3.16. The zero-order chi connectivity index (χ0) is 16.7. The van der Waals surface area contributed by atoms with Crippen LogP contribution in [0.4, 0.5) is 11.4 Å². The molecule has 0 spiro atoms. The Morgan fingerprint density at radius 3 is 2.71 bits per heavy atom. The Labute approximate surface area is 143 Å². The van der Waals surface area contributed by atoms with Crippen molar-refractivity contribution < 1.29 is 9.59 Å². The number of guanidine groups is 1. The quantitative estimate of drug-likeness (QED) is 0.824. The van der Waals surface area contributed by atoms with Crippen LogP contribution >= 0.6 is 11.6 Å². The minimum Gasteiger partial charge on any atom is -0.354 e. The van der Waals surface area contributed by atoms with E-state index in [1.807, 2.05) is 6.07 Å². The second kappa shape index (κ2) is 5.65. The lowest BCUT2D eigenvalue weighted by atomic mass is 10.1. The highest BCUT2D eigenvalue weighted by molar-refractivity contribution is 6.42. The van der Waals surface area contributed by atoms with Crippen molar-refractivity contribution in [1.29, 1.82) is 0 Å². The molecule has 2 N–H and O–H groups in total. The molecule has 0 saturated heterocycles. The summed E-state index contributed by atoms with van der Waals surface area (Å²) < 4.78 is 0. The van der Waals surface area contributed by atoms with Crippen molar-refractivity contribution in [2.75, 3.05) is 23.3 Å². The van der Waals surface area contributed by atoms with Crippen LogP contribution in [0, 0.1) is 0 Å². The van der Waals surface area contributed by atoms with Crippen LogP contribution in [-0.4, -0.2) is 30.9 Å². The number of amides is 2. The minimum absolute atomic E-state index is 0.254. The van der Waals surface area contributed by atoms with Gasteiger partial charge < -0.3 is 10.6 Å². The molecule has 4 rings (SSSR count). The molecule has 0 saturated carbocycles. The largest absolute Gasteiger partial charge is 0.354 e. The van der Waals surface area contributed by atoms with E-state index in [0.717, 1.165) is 23.7 Å². The highest BCUT2D eigenvalue weighted by Gasteiger charge is 2.38. The van der Waals surface area contributed by atoms with E-state index in [1.165, 1.54) is 0 Å². The molecule has 2 heterocycles. The number of carbonyl (C=O) groups is 2. The van der Waals surface area contributed by atoms with Gasteiger partial charge in [-0.3, -0.25) is 14.6 Å². The predicted molar refractivity (Wildman–Crippen MR) is 93.0 cm³/mol. The molecule has 0 unspecified atom stereocenters. The van der Waals surface area contributed by atoms with E-state index < -0.39 is 5.91 Å². The van der Waals surface area contributed by atoms with Crippen molar-refractivity contribution in [2.24, 2.45) is 4.99 Å². The molecule has 120 valence electrons. The monoisotopic (exact) mass is 340 g/mol. The van der Waals surface area contributed by atoms with E-state index in [2.05, 4.69) is 15.6 Å². The Morgan fingerprint density at radius 2 is 1.96 bits per heavy atom. The third-order valence-electron chi connectivity index (χ3n) is 3.91. The average molecular weight is 341 g/mol. The number of hydrogen-bond donors (Lipinski definition) is 2. The van der Waals surface area contributed by atoms with E-state index in [0.29, 0.717) is 17.2 Å². The molecule has 24 heavy (non-hydrogen) atoms. The fourth-order valence-corrected chi connectivity index (χ4v) is 3.08. The number of nitrogens with zero attached hydrogens (tertiary/aromatic N) is 2. The summed E-state index contributed by atoms with van der Waals surface area (Å²) in [5, 5.41) is 6.52. The topological polar surface area (TPSA) is 73.8 Å². The maximum absolute atomic E-state index is 12.6. The van der Waals surface area contributed by atoms with Crippen molar-refractivity contribution in [2.45, 2.75) is 0 Å². The fourth-order valence-electron chi connectivity index (χ4n) is 2.82. The van der Waals surface area contributed by atoms with Crippen LogP contribution in [0.25, 0.3) is 0 Å². The molecular formula is C17H13ClN4O2. The maximum atomic E-state index is 12.6. The third kappa shape index (κ3) is 2.32. The van der Waals surface area contributed by atoms with Gasteiger partial charge in [0.15, 0.2) is 5.96 Å². The Balaban J connectivity index is 1.68. The summed E-state index contributed by atoms with van der Waals surface area (Å²) in [6, 6.07) is 12.0. The van der Waals surface area contributed by atoms with Gasteiger partial charge in [0.05, 0.1) is 28.4 Å². The molecule has 2 aliphatic heterocycles. The number of imide groups is 1. The Kier molecular flexibility index (Phi) is 3.46. The number of carbonyl (C=O) groups excluding carboxylic acids is 2. The first-order chi connectivity index (χ1) is 11.6. The standard InChI is InChI=1S/C17H13ClN4O2/c18-13-6-2-5-12-14(13)16(24)22(15(12)23)11-4-1-3-10(9-11)21-17-19-7-8-20-17/h1-6,9H,7-8H2,(H2,19,20,21). The molecule has 0 radical (unpaired) electrons. The van der Waals surface area contributed by atoms with Crippen molar-refractivity contribution in [1.82, 2.24) is 5.32 Å². The summed E-state index contributed by atoms with van der Waals surface area (Å²) in [4.78, 5) is 30.7. The first-order valence-electron chi connectivity index (χ1n) is 7.48. The van der Waals surface area contributed by atoms with Crippen LogP contribution in [0.5, 0.6) is 0 Å². The Morgan fingerprint density at radius 1 is 1.12 bits per heavy atom. The summed E-state index contributed by atoms with van der Waals surface area (Å²) >= 11 is 6.09. The van der Waals surface area contributed by atoms with E-state index in [-0.39, 0.29) is 16.5 Å². The number of hydrogen-bond acceptors (Lipinski definition) is 5. The lowest BCUT2D eigenvalue weighted by Gasteiger charge is -2.15. The highest BCUT2D eigenvalue weighted by atomic mass is 35.5. The van der Waals surface area contributed by atoms with Gasteiger partial charge in [-0.15, -0.1) is 0 Å². The molecule has 7 heteroatoms. The van der Waals surface area contributed by atoms with Crippen LogP contribution in [0.1, 0.15) is 20.7 Å². The summed E-state index contributed by atoms with van der Waals surface area (Å²) in [6.45, 7) is 1.51. The van der Waals surface area contributed by atoms with Crippen LogP contribution < -0.4 is 15.5 Å². The first kappa shape index (κ1) is 14.7. The molecule has 6 nitrogen and oxygen atoms in total. The maximum Gasteiger partial charge on any atom is 0.267 e. The summed E-state index contributed by atoms with van der Waals surface area (Å²) in [5.74, 6) is -0.0994. The fraction of sp³-hybridized carbons (Fsp3) is 0.118. The van der Waals surface area contributed by atoms with Gasteiger partial charge in [0.1, 0.15) is 0 Å². The molecule has 0 fully saturated rings. The van der Waals surface area contributed by atoms with E-state index >= 15 is 0 Å². The molecule has 0 aromatic heterocycles. The molecule has 0 bridgehead atoms. The Bertz CT molecular complexity index is 894. The van der Waals surface area contributed by atoms with E-state index in [1.54, 1.807) is 36.4 Å². The van der Waals surface area contributed by atoms with E-state index in [9.17, 15) is 9.59 Å². The Hall–Kier alpha value is -2.86. The molecular weight excluding hydrogens is 328 g/mol. The summed E-state index contributed by atoms with van der Waals surface area (Å²) in [6.07, 6.45) is 0. The van der Waals surface area contributed by atoms with Crippen LogP contribution in [0.2, 0.25) is 5.02 Å². The predicted octanol–water partition coefficient (Wildman–Crippen LogP) is 2.51. The molecule has 2 aromatic carbocycles. The van der Waals surface area contributed by atoms with Crippen molar-refractivity contribution in [3.63, 3.8) is 0 Å².